The van der Waals surface area contributed by atoms with Gasteiger partial charge < -0.3 is 4.74 Å². The van der Waals surface area contributed by atoms with Crippen LogP contribution in [0.3, 0.4) is 0 Å². The molecule has 1 fully saturated rings. The van der Waals surface area contributed by atoms with Gasteiger partial charge >= 0.3 is 5.97 Å². The smallest absolute Gasteiger partial charge is 0.323 e. The van der Waals surface area contributed by atoms with Gasteiger partial charge in [0, 0.05) is 6.42 Å². The standard InChI is InChI=1S/C17H15NO2/c19-17-15(9-10-20-17)18-16-13-7-3-1-5-11(13)12-6-2-4-8-14(12)16/h1-8,15-16,18H,9-10H2/t15-/m0/s1. The Morgan fingerprint density at radius 1 is 0.950 bits per heavy atom. The maximum Gasteiger partial charge on any atom is 0.323 e. The van der Waals surface area contributed by atoms with Gasteiger partial charge in [-0.2, -0.15) is 0 Å². The Bertz CT molecular complexity index is 635. The largest absolute Gasteiger partial charge is 0.464 e. The zero-order valence-electron chi connectivity index (χ0n) is 11.0. The maximum atomic E-state index is 11.7. The first-order valence-corrected chi connectivity index (χ1v) is 6.95. The Balaban J connectivity index is 1.77. The molecule has 1 N–H and O–H groups in total. The second-order valence-electron chi connectivity index (χ2n) is 5.28. The van der Waals surface area contributed by atoms with E-state index in [1.54, 1.807) is 0 Å². The zero-order valence-corrected chi connectivity index (χ0v) is 11.0. The molecule has 1 atom stereocenters. The fraction of sp³-hybridized carbons (Fsp3) is 0.235. The third-order valence-corrected chi connectivity index (χ3v) is 4.14. The summed E-state index contributed by atoms with van der Waals surface area (Å²) in [6, 6.07) is 16.6. The lowest BCUT2D eigenvalue weighted by Crippen LogP contribution is -2.35. The van der Waals surface area contributed by atoms with Crippen molar-refractivity contribution in [2.24, 2.45) is 0 Å². The number of esters is 1. The molecule has 1 saturated heterocycles. The molecule has 3 nitrogen and oxygen atoms in total. The third-order valence-electron chi connectivity index (χ3n) is 4.14. The van der Waals surface area contributed by atoms with Crippen LogP contribution in [-0.2, 0) is 9.53 Å². The van der Waals surface area contributed by atoms with Crippen molar-refractivity contribution in [2.75, 3.05) is 6.61 Å². The maximum absolute atomic E-state index is 11.7. The number of nitrogens with one attached hydrogen (secondary N) is 1. The first-order valence-electron chi connectivity index (χ1n) is 6.95. The molecular weight excluding hydrogens is 250 g/mol. The van der Waals surface area contributed by atoms with Gasteiger partial charge in [-0.05, 0) is 22.3 Å². The molecule has 20 heavy (non-hydrogen) atoms. The summed E-state index contributed by atoms with van der Waals surface area (Å²) in [4.78, 5) is 11.7. The molecule has 0 spiro atoms. The molecule has 0 saturated carbocycles. The van der Waals surface area contributed by atoms with E-state index in [0.717, 1.165) is 6.42 Å². The number of ether oxygens (including phenoxy) is 1. The van der Waals surface area contributed by atoms with E-state index in [0.29, 0.717) is 6.61 Å². The Hall–Kier alpha value is -2.13. The molecule has 2 aliphatic rings. The Morgan fingerprint density at radius 2 is 1.55 bits per heavy atom. The highest BCUT2D eigenvalue weighted by Gasteiger charge is 2.34. The molecule has 2 aromatic rings. The predicted octanol–water partition coefficient (Wildman–Crippen LogP) is 2.66. The van der Waals surface area contributed by atoms with Crippen LogP contribution in [0.1, 0.15) is 23.6 Å². The van der Waals surface area contributed by atoms with E-state index in [4.69, 9.17) is 4.74 Å². The van der Waals surface area contributed by atoms with Gasteiger partial charge in [0.05, 0.1) is 12.6 Å². The van der Waals surface area contributed by atoms with Crippen LogP contribution >= 0.6 is 0 Å². The monoisotopic (exact) mass is 265 g/mol. The lowest BCUT2D eigenvalue weighted by molar-refractivity contribution is -0.139. The van der Waals surface area contributed by atoms with E-state index in [2.05, 4.69) is 41.7 Å². The summed E-state index contributed by atoms with van der Waals surface area (Å²) in [5, 5.41) is 3.47. The summed E-state index contributed by atoms with van der Waals surface area (Å²) in [6.07, 6.45) is 0.750. The van der Waals surface area contributed by atoms with Crippen molar-refractivity contribution in [1.29, 1.82) is 0 Å². The molecule has 2 aromatic carbocycles. The van der Waals surface area contributed by atoms with Gasteiger partial charge in [0.25, 0.3) is 0 Å². The van der Waals surface area contributed by atoms with Crippen LogP contribution in [0.5, 0.6) is 0 Å². The van der Waals surface area contributed by atoms with Crippen LogP contribution < -0.4 is 5.32 Å². The van der Waals surface area contributed by atoms with Gasteiger partial charge in [-0.1, -0.05) is 48.5 Å². The zero-order chi connectivity index (χ0) is 13.5. The van der Waals surface area contributed by atoms with E-state index in [-0.39, 0.29) is 18.1 Å². The van der Waals surface area contributed by atoms with Gasteiger partial charge in [-0.25, -0.2) is 0 Å². The van der Waals surface area contributed by atoms with Crippen LogP contribution in [0.2, 0.25) is 0 Å². The van der Waals surface area contributed by atoms with E-state index in [1.165, 1.54) is 22.3 Å². The van der Waals surface area contributed by atoms with Crippen LogP contribution in [0.15, 0.2) is 48.5 Å². The number of hydrogen-bond acceptors (Lipinski definition) is 3. The highest BCUT2D eigenvalue weighted by molar-refractivity contribution is 5.80. The van der Waals surface area contributed by atoms with Gasteiger partial charge in [0.15, 0.2) is 0 Å². The molecular formula is C17H15NO2. The summed E-state index contributed by atoms with van der Waals surface area (Å²) in [6.45, 7) is 0.520. The summed E-state index contributed by atoms with van der Waals surface area (Å²) in [7, 11) is 0. The molecule has 0 aromatic heterocycles. The minimum atomic E-state index is -0.195. The molecule has 0 bridgehead atoms. The second kappa shape index (κ2) is 4.46. The van der Waals surface area contributed by atoms with E-state index in [9.17, 15) is 4.79 Å². The van der Waals surface area contributed by atoms with Crippen molar-refractivity contribution >= 4 is 5.97 Å². The highest BCUT2D eigenvalue weighted by Crippen LogP contribution is 2.43. The van der Waals surface area contributed by atoms with Crippen molar-refractivity contribution in [1.82, 2.24) is 5.32 Å². The van der Waals surface area contributed by atoms with E-state index in [1.807, 2.05) is 12.1 Å². The number of fused-ring (bicyclic) bond motifs is 3. The minimum Gasteiger partial charge on any atom is -0.464 e. The van der Waals surface area contributed by atoms with Crippen LogP contribution in [-0.4, -0.2) is 18.6 Å². The summed E-state index contributed by atoms with van der Waals surface area (Å²) in [5.41, 5.74) is 5.00. The van der Waals surface area contributed by atoms with Crippen LogP contribution in [0.4, 0.5) is 0 Å². The molecule has 3 heteroatoms. The van der Waals surface area contributed by atoms with Crippen molar-refractivity contribution in [3.05, 3.63) is 59.7 Å². The Kier molecular flexibility index (Phi) is 2.60. The average molecular weight is 265 g/mol. The number of benzene rings is 2. The quantitative estimate of drug-likeness (QED) is 0.848. The number of carbonyl (C=O) groups excluding carboxylic acids is 1. The van der Waals surface area contributed by atoms with Crippen LogP contribution in [0.25, 0.3) is 11.1 Å². The number of carbonyl (C=O) groups is 1. The predicted molar refractivity (Wildman–Crippen MR) is 76.2 cm³/mol. The molecule has 1 aliphatic heterocycles. The molecule has 0 radical (unpaired) electrons. The number of cyclic esters (lactones) is 1. The summed E-state index contributed by atoms with van der Waals surface area (Å²) in [5.74, 6) is -0.133. The normalized spacial score (nSPS) is 20.6. The van der Waals surface area contributed by atoms with Crippen molar-refractivity contribution < 1.29 is 9.53 Å². The number of hydrogen-bond donors (Lipinski definition) is 1. The molecule has 0 amide bonds. The topological polar surface area (TPSA) is 38.3 Å². The number of rotatable bonds is 2. The molecule has 1 heterocycles. The minimum absolute atomic E-state index is 0.0815. The van der Waals surface area contributed by atoms with Crippen molar-refractivity contribution in [3.8, 4) is 11.1 Å². The van der Waals surface area contributed by atoms with E-state index < -0.39 is 0 Å². The fourth-order valence-corrected chi connectivity index (χ4v) is 3.18. The molecule has 0 unspecified atom stereocenters. The Labute approximate surface area is 117 Å². The SMILES string of the molecule is O=C1OCC[C@@H]1NC1c2ccccc2-c2ccccc21. The van der Waals surface area contributed by atoms with Gasteiger partial charge in [-0.15, -0.1) is 0 Å². The molecule has 1 aliphatic carbocycles. The first kappa shape index (κ1) is 11.7. The third kappa shape index (κ3) is 1.67. The van der Waals surface area contributed by atoms with Gasteiger partial charge in [0.1, 0.15) is 6.04 Å². The lowest BCUT2D eigenvalue weighted by Gasteiger charge is -2.18. The van der Waals surface area contributed by atoms with Crippen molar-refractivity contribution in [2.45, 2.75) is 18.5 Å². The first-order chi connectivity index (χ1) is 9.84. The second-order valence-corrected chi connectivity index (χ2v) is 5.28. The Morgan fingerprint density at radius 3 is 2.10 bits per heavy atom. The van der Waals surface area contributed by atoms with Gasteiger partial charge in [-0.3, -0.25) is 10.1 Å². The molecule has 4 rings (SSSR count). The summed E-state index contributed by atoms with van der Waals surface area (Å²) >= 11 is 0. The highest BCUT2D eigenvalue weighted by atomic mass is 16.5. The summed E-state index contributed by atoms with van der Waals surface area (Å²) < 4.78 is 5.05. The lowest BCUT2D eigenvalue weighted by atomic mass is 10.0. The fourth-order valence-electron chi connectivity index (χ4n) is 3.18. The average Bonchev–Trinajstić information content (AvgIpc) is 3.03. The van der Waals surface area contributed by atoms with Crippen molar-refractivity contribution in [3.63, 3.8) is 0 Å². The van der Waals surface area contributed by atoms with Crippen LogP contribution in [0, 0.1) is 0 Å². The van der Waals surface area contributed by atoms with Gasteiger partial charge in [0.2, 0.25) is 0 Å². The molecule has 100 valence electrons. The van der Waals surface area contributed by atoms with E-state index >= 15 is 0 Å².